The van der Waals surface area contributed by atoms with Crippen molar-refractivity contribution < 1.29 is 60.0 Å². The molecule has 6 N–H and O–H groups in total. The highest BCUT2D eigenvalue weighted by Crippen LogP contribution is 2.37. The minimum Gasteiger partial charge on any atom is -0.494 e. The van der Waals surface area contributed by atoms with Gasteiger partial charge in [0.1, 0.15) is 23.4 Å². The van der Waals surface area contributed by atoms with Crippen LogP contribution in [0.15, 0.2) is 79.1 Å². The monoisotopic (exact) mass is 739 g/mol. The number of H-pyrrole nitrogens is 1. The molecule has 52 heavy (non-hydrogen) atoms. The zero-order valence-corrected chi connectivity index (χ0v) is 27.5. The lowest BCUT2D eigenvalue weighted by Gasteiger charge is -2.22. The summed E-state index contributed by atoms with van der Waals surface area (Å²) in [6.07, 6.45) is -6.96. The average Bonchev–Trinajstić information content (AvgIpc) is 3.55. The number of alkyl halides is 6. The second kappa shape index (κ2) is 17.2. The summed E-state index contributed by atoms with van der Waals surface area (Å²) in [6.45, 7) is 6.03. The lowest BCUT2D eigenvalue weighted by Crippen LogP contribution is -2.21. The van der Waals surface area contributed by atoms with Crippen LogP contribution in [0, 0.1) is 5.82 Å². The third kappa shape index (κ3) is 11.2. The van der Waals surface area contributed by atoms with Crippen LogP contribution in [0.1, 0.15) is 38.2 Å². The Bertz CT molecular complexity index is 1940. The Morgan fingerprint density at radius 3 is 2.10 bits per heavy atom. The van der Waals surface area contributed by atoms with Crippen LogP contribution >= 0.6 is 0 Å². The van der Waals surface area contributed by atoms with E-state index < -0.39 is 36.2 Å². The van der Waals surface area contributed by atoms with E-state index >= 15 is 4.39 Å². The predicted molar refractivity (Wildman–Crippen MR) is 176 cm³/mol. The topological polar surface area (TPSA) is 173 Å². The number of carboxylic acid groups (broad SMARTS) is 2. The molecule has 11 nitrogen and oxygen atoms in total. The van der Waals surface area contributed by atoms with E-state index in [1.165, 1.54) is 0 Å². The summed E-state index contributed by atoms with van der Waals surface area (Å²) in [6, 6.07) is 20.1. The van der Waals surface area contributed by atoms with Gasteiger partial charge in [-0.25, -0.2) is 23.9 Å². The van der Waals surface area contributed by atoms with Crippen LogP contribution in [-0.4, -0.2) is 62.2 Å². The zero-order valence-electron chi connectivity index (χ0n) is 27.5. The van der Waals surface area contributed by atoms with E-state index in [0.717, 1.165) is 27.7 Å². The third-order valence-electron chi connectivity index (χ3n) is 6.57. The highest BCUT2D eigenvalue weighted by molar-refractivity contribution is 5.93. The number of nitrogen functional groups attached to an aromatic ring is 1. The number of rotatable bonds is 9. The SMILES string of the molecule is CCOc1cc(OC(C)C)c(F)c(C(Nc2ccc3c(N)nccc3c2)c2ncc(-c3ccccc3)[nH]2)c1.O=C(O)C(F)(F)F.O=C(O)C(F)(F)F. The Morgan fingerprint density at radius 1 is 0.923 bits per heavy atom. The van der Waals surface area contributed by atoms with E-state index in [-0.39, 0.29) is 11.9 Å². The number of halogens is 7. The molecule has 0 aliphatic heterocycles. The maximum Gasteiger partial charge on any atom is 0.490 e. The fraction of sp³-hybridized carbons (Fsp3) is 0.235. The van der Waals surface area contributed by atoms with Crippen LogP contribution in [0.25, 0.3) is 22.0 Å². The molecule has 0 amide bonds. The van der Waals surface area contributed by atoms with Crippen molar-refractivity contribution in [1.29, 1.82) is 0 Å². The average molecular weight is 740 g/mol. The highest BCUT2D eigenvalue weighted by atomic mass is 19.4. The van der Waals surface area contributed by atoms with Crippen molar-refractivity contribution in [3.8, 4) is 22.8 Å². The van der Waals surface area contributed by atoms with Crippen LogP contribution in [0.5, 0.6) is 11.5 Å². The molecule has 0 radical (unpaired) electrons. The van der Waals surface area contributed by atoms with Crippen molar-refractivity contribution in [3.05, 3.63) is 96.3 Å². The summed E-state index contributed by atoms with van der Waals surface area (Å²) in [4.78, 5) is 30.0. The Balaban J connectivity index is 0.000000441. The number of aromatic nitrogens is 3. The number of benzene rings is 3. The maximum atomic E-state index is 16.0. The first kappa shape index (κ1) is 40.4. The van der Waals surface area contributed by atoms with E-state index in [1.54, 1.807) is 24.5 Å². The minimum atomic E-state index is -5.08. The summed E-state index contributed by atoms with van der Waals surface area (Å²) < 4.78 is 91.1. The number of nitrogens with one attached hydrogen (secondary N) is 2. The lowest BCUT2D eigenvalue weighted by molar-refractivity contribution is -0.193. The number of imidazole rings is 1. The molecule has 1 unspecified atom stereocenters. The van der Waals surface area contributed by atoms with Crippen molar-refractivity contribution in [1.82, 2.24) is 15.0 Å². The number of fused-ring (bicyclic) bond motifs is 1. The second-order valence-corrected chi connectivity index (χ2v) is 10.8. The fourth-order valence-electron chi connectivity index (χ4n) is 4.39. The Hall–Kier alpha value is -6.07. The second-order valence-electron chi connectivity index (χ2n) is 10.8. The number of aliphatic carboxylic acids is 2. The minimum absolute atomic E-state index is 0.125. The predicted octanol–water partition coefficient (Wildman–Crippen LogP) is 8.00. The molecule has 5 rings (SSSR count). The Morgan fingerprint density at radius 2 is 1.54 bits per heavy atom. The molecule has 1 atom stereocenters. The van der Waals surface area contributed by atoms with Gasteiger partial charge in [0.25, 0.3) is 0 Å². The number of nitrogens with two attached hydrogens (primary N) is 1. The molecule has 2 heterocycles. The summed E-state index contributed by atoms with van der Waals surface area (Å²) in [5.41, 5.74) is 8.95. The van der Waals surface area contributed by atoms with Gasteiger partial charge >= 0.3 is 24.3 Å². The number of carboxylic acids is 2. The number of carbonyl (C=O) groups is 2. The first-order valence-corrected chi connectivity index (χ1v) is 15.1. The third-order valence-corrected chi connectivity index (χ3v) is 6.57. The van der Waals surface area contributed by atoms with Crippen LogP contribution in [0.2, 0.25) is 0 Å². The van der Waals surface area contributed by atoms with Gasteiger partial charge in [-0.1, -0.05) is 30.3 Å². The molecule has 5 aromatic rings. The maximum absolute atomic E-state index is 16.0. The molecule has 18 heteroatoms. The smallest absolute Gasteiger partial charge is 0.490 e. The molecule has 0 spiro atoms. The molecule has 0 saturated heterocycles. The Labute approximate surface area is 291 Å². The van der Waals surface area contributed by atoms with Gasteiger partial charge in [0, 0.05) is 28.9 Å². The van der Waals surface area contributed by atoms with Crippen molar-refractivity contribution in [3.63, 3.8) is 0 Å². The zero-order chi connectivity index (χ0) is 38.8. The lowest BCUT2D eigenvalue weighted by atomic mass is 10.0. The number of nitrogens with zero attached hydrogens (tertiary/aromatic N) is 2. The standard InChI is InChI=1S/C30H30FN5O2.2C2HF3O2/c1-4-37-22-15-24(27(31)26(16-22)38-18(2)3)28(30-34-17-25(36-30)19-8-6-5-7-9-19)35-21-10-11-23-20(14-21)12-13-33-29(23)32;2*3-2(4,5)1(6)7/h5-18,28,35H,4H2,1-3H3,(H2,32,33)(H,34,36);2*(H,6,7). The molecule has 0 saturated carbocycles. The number of pyridine rings is 1. The van der Waals surface area contributed by atoms with Gasteiger partial charge < -0.3 is 35.7 Å². The quantitative estimate of drug-likeness (QED) is 0.0933. The molecule has 3 aromatic carbocycles. The number of aromatic amines is 1. The van der Waals surface area contributed by atoms with E-state index in [2.05, 4.69) is 20.3 Å². The summed E-state index contributed by atoms with van der Waals surface area (Å²) in [7, 11) is 0. The van der Waals surface area contributed by atoms with Crippen LogP contribution in [0.3, 0.4) is 0 Å². The largest absolute Gasteiger partial charge is 0.494 e. The van der Waals surface area contributed by atoms with E-state index in [0.29, 0.717) is 29.6 Å². The van der Waals surface area contributed by atoms with Crippen molar-refractivity contribution >= 4 is 34.2 Å². The molecular formula is C34H32F7N5O6. The van der Waals surface area contributed by atoms with E-state index in [4.69, 9.17) is 35.0 Å². The molecular weight excluding hydrogens is 707 g/mol. The van der Waals surface area contributed by atoms with Crippen LogP contribution in [-0.2, 0) is 9.59 Å². The van der Waals surface area contributed by atoms with Crippen molar-refractivity contribution in [2.75, 3.05) is 17.7 Å². The van der Waals surface area contributed by atoms with Gasteiger partial charge in [-0.05, 0) is 62.1 Å². The number of ether oxygens (including phenoxy) is 2. The molecule has 0 bridgehead atoms. The Kier molecular flexibility index (Phi) is 13.4. The molecule has 2 aromatic heterocycles. The van der Waals surface area contributed by atoms with Gasteiger partial charge in [0.15, 0.2) is 11.6 Å². The van der Waals surface area contributed by atoms with E-state index in [1.807, 2.05) is 75.4 Å². The van der Waals surface area contributed by atoms with Crippen molar-refractivity contribution in [2.45, 2.75) is 45.3 Å². The van der Waals surface area contributed by atoms with Crippen LogP contribution < -0.4 is 20.5 Å². The fourth-order valence-corrected chi connectivity index (χ4v) is 4.39. The van der Waals surface area contributed by atoms with Crippen LogP contribution in [0.4, 0.5) is 42.2 Å². The van der Waals surface area contributed by atoms with Gasteiger partial charge in [-0.3, -0.25) is 0 Å². The molecule has 0 aliphatic carbocycles. The molecule has 0 aliphatic rings. The first-order chi connectivity index (χ1) is 24.3. The summed E-state index contributed by atoms with van der Waals surface area (Å²) >= 11 is 0. The first-order valence-electron chi connectivity index (χ1n) is 15.1. The number of hydrogen-bond acceptors (Lipinski definition) is 8. The number of anilines is 2. The number of hydrogen-bond donors (Lipinski definition) is 5. The summed E-state index contributed by atoms with van der Waals surface area (Å²) in [5, 5.41) is 19.5. The highest BCUT2D eigenvalue weighted by Gasteiger charge is 2.39. The summed E-state index contributed by atoms with van der Waals surface area (Å²) in [5.74, 6) is -4.36. The van der Waals surface area contributed by atoms with Gasteiger partial charge in [-0.2, -0.15) is 26.3 Å². The van der Waals surface area contributed by atoms with E-state index in [9.17, 15) is 26.3 Å². The van der Waals surface area contributed by atoms with Gasteiger partial charge in [0.2, 0.25) is 0 Å². The van der Waals surface area contributed by atoms with Gasteiger partial charge in [0.05, 0.1) is 24.6 Å². The molecule has 0 fully saturated rings. The normalized spacial score (nSPS) is 11.8. The van der Waals surface area contributed by atoms with Crippen molar-refractivity contribution in [2.24, 2.45) is 0 Å². The van der Waals surface area contributed by atoms with Gasteiger partial charge in [-0.15, -0.1) is 0 Å². The molecule has 278 valence electrons.